The van der Waals surface area contributed by atoms with E-state index in [1.54, 1.807) is 32.9 Å². The summed E-state index contributed by atoms with van der Waals surface area (Å²) >= 11 is 0. The highest BCUT2D eigenvalue weighted by molar-refractivity contribution is 5.72. The molecule has 1 amide bonds. The minimum atomic E-state index is -0.993. The predicted octanol–water partition coefficient (Wildman–Crippen LogP) is 2.05. The molecule has 6 heteroatoms. The van der Waals surface area contributed by atoms with Crippen molar-refractivity contribution in [1.29, 1.82) is 0 Å². The molecular weight excluding hydrogens is 250 g/mol. The molecule has 0 radical (unpaired) electrons. The van der Waals surface area contributed by atoms with Crippen LogP contribution in [0.3, 0.4) is 0 Å². The maximum Gasteiger partial charge on any atom is 0.407 e. The number of carboxylic acids is 1. The molecule has 0 bridgehead atoms. The van der Waals surface area contributed by atoms with E-state index in [0.717, 1.165) is 0 Å². The first-order chi connectivity index (χ1) is 8.78. The molecular formula is C13H19NO5. The van der Waals surface area contributed by atoms with Crippen LogP contribution in [0.25, 0.3) is 0 Å². The first-order valence-corrected chi connectivity index (χ1v) is 6.00. The molecule has 0 aromatic carbocycles. The molecule has 1 heterocycles. The Kier molecular flexibility index (Phi) is 4.97. The van der Waals surface area contributed by atoms with Crippen molar-refractivity contribution in [3.05, 3.63) is 24.2 Å². The summed E-state index contributed by atoms with van der Waals surface area (Å²) in [5.74, 6) is -1.18. The predicted molar refractivity (Wildman–Crippen MR) is 67.8 cm³/mol. The Labute approximate surface area is 111 Å². The Bertz CT molecular complexity index is 419. The Morgan fingerprint density at radius 3 is 2.63 bits per heavy atom. The first kappa shape index (κ1) is 15.1. The van der Waals surface area contributed by atoms with Crippen molar-refractivity contribution in [2.75, 3.05) is 6.54 Å². The minimum Gasteiger partial charge on any atom is -0.481 e. The largest absolute Gasteiger partial charge is 0.481 e. The zero-order valence-corrected chi connectivity index (χ0v) is 11.3. The van der Waals surface area contributed by atoms with Crippen LogP contribution < -0.4 is 5.32 Å². The van der Waals surface area contributed by atoms with Gasteiger partial charge in [0.25, 0.3) is 0 Å². The lowest BCUT2D eigenvalue weighted by atomic mass is 10.0. The van der Waals surface area contributed by atoms with E-state index in [-0.39, 0.29) is 13.0 Å². The second kappa shape index (κ2) is 6.26. The number of carbonyl (C=O) groups excluding carboxylic acids is 1. The maximum atomic E-state index is 11.4. The molecule has 0 aliphatic rings. The number of rotatable bonds is 5. The van der Waals surface area contributed by atoms with Gasteiger partial charge in [-0.25, -0.2) is 4.79 Å². The third kappa shape index (κ3) is 5.94. The minimum absolute atomic E-state index is 0.00898. The van der Waals surface area contributed by atoms with Crippen LogP contribution >= 0.6 is 0 Å². The van der Waals surface area contributed by atoms with E-state index in [0.29, 0.717) is 5.76 Å². The van der Waals surface area contributed by atoms with Crippen LogP contribution in [0.15, 0.2) is 22.8 Å². The summed E-state index contributed by atoms with van der Waals surface area (Å²) in [6.45, 7) is 5.21. The highest BCUT2D eigenvalue weighted by Crippen LogP contribution is 2.10. The fourth-order valence-electron chi connectivity index (χ4n) is 1.44. The summed E-state index contributed by atoms with van der Waals surface area (Å²) in [6.07, 6.45) is 1.08. The van der Waals surface area contributed by atoms with E-state index in [1.807, 2.05) is 0 Å². The van der Waals surface area contributed by atoms with Crippen molar-refractivity contribution in [3.8, 4) is 0 Å². The van der Waals surface area contributed by atoms with Crippen molar-refractivity contribution < 1.29 is 23.8 Å². The van der Waals surface area contributed by atoms with Gasteiger partial charge in [-0.3, -0.25) is 4.79 Å². The molecule has 106 valence electrons. The van der Waals surface area contributed by atoms with Gasteiger partial charge in [-0.15, -0.1) is 0 Å². The number of hydrogen-bond acceptors (Lipinski definition) is 4. The molecule has 2 N–H and O–H groups in total. The van der Waals surface area contributed by atoms with Gasteiger partial charge in [0.15, 0.2) is 0 Å². The molecule has 1 aromatic heterocycles. The summed E-state index contributed by atoms with van der Waals surface area (Å²) in [6, 6.07) is 3.39. The van der Waals surface area contributed by atoms with Crippen LogP contribution in [-0.4, -0.2) is 29.3 Å². The molecule has 0 fully saturated rings. The zero-order valence-electron chi connectivity index (χ0n) is 11.3. The van der Waals surface area contributed by atoms with Crippen LogP contribution in [0.2, 0.25) is 0 Å². The maximum absolute atomic E-state index is 11.4. The Hall–Kier alpha value is -1.98. The zero-order chi connectivity index (χ0) is 14.5. The molecule has 1 rings (SSSR count). The summed E-state index contributed by atoms with van der Waals surface area (Å²) in [5, 5.41) is 11.5. The summed E-state index contributed by atoms with van der Waals surface area (Å²) in [4.78, 5) is 22.5. The molecule has 1 aromatic rings. The molecule has 0 spiro atoms. The normalized spacial score (nSPS) is 12.8. The van der Waals surface area contributed by atoms with Crippen LogP contribution in [0.5, 0.6) is 0 Å². The van der Waals surface area contributed by atoms with Gasteiger partial charge in [-0.05, 0) is 32.9 Å². The molecule has 0 unspecified atom stereocenters. The van der Waals surface area contributed by atoms with Crippen LogP contribution in [0.4, 0.5) is 4.79 Å². The second-order valence-electron chi connectivity index (χ2n) is 5.20. The Balaban J connectivity index is 2.46. The summed E-state index contributed by atoms with van der Waals surface area (Å²) in [7, 11) is 0. The van der Waals surface area contributed by atoms with Gasteiger partial charge >= 0.3 is 12.1 Å². The van der Waals surface area contributed by atoms with Crippen LogP contribution in [-0.2, 0) is 16.0 Å². The fraction of sp³-hybridized carbons (Fsp3) is 0.538. The van der Waals surface area contributed by atoms with Gasteiger partial charge in [-0.2, -0.15) is 0 Å². The third-order valence-electron chi connectivity index (χ3n) is 2.27. The van der Waals surface area contributed by atoms with Gasteiger partial charge in [0, 0.05) is 13.0 Å². The third-order valence-corrected chi connectivity index (χ3v) is 2.27. The number of amides is 1. The Morgan fingerprint density at radius 1 is 1.47 bits per heavy atom. The van der Waals surface area contributed by atoms with Gasteiger partial charge in [0.05, 0.1) is 12.2 Å². The van der Waals surface area contributed by atoms with Crippen molar-refractivity contribution in [2.24, 2.45) is 5.92 Å². The van der Waals surface area contributed by atoms with Crippen molar-refractivity contribution in [2.45, 2.75) is 32.8 Å². The average molecular weight is 269 g/mol. The van der Waals surface area contributed by atoms with Gasteiger partial charge in [-0.1, -0.05) is 0 Å². The number of hydrogen-bond donors (Lipinski definition) is 2. The van der Waals surface area contributed by atoms with Crippen LogP contribution in [0, 0.1) is 5.92 Å². The molecule has 1 atom stereocenters. The van der Waals surface area contributed by atoms with E-state index >= 15 is 0 Å². The van der Waals surface area contributed by atoms with Crippen LogP contribution in [0.1, 0.15) is 26.5 Å². The molecule has 6 nitrogen and oxygen atoms in total. The molecule has 19 heavy (non-hydrogen) atoms. The first-order valence-electron chi connectivity index (χ1n) is 6.00. The van der Waals surface area contributed by atoms with Crippen molar-refractivity contribution in [1.82, 2.24) is 5.32 Å². The smallest absolute Gasteiger partial charge is 0.407 e. The number of aliphatic carboxylic acids is 1. The summed E-state index contributed by atoms with van der Waals surface area (Å²) < 4.78 is 10.1. The van der Waals surface area contributed by atoms with Gasteiger partial charge in [0.1, 0.15) is 11.4 Å². The second-order valence-corrected chi connectivity index (χ2v) is 5.20. The van der Waals surface area contributed by atoms with E-state index in [1.165, 1.54) is 6.26 Å². The van der Waals surface area contributed by atoms with E-state index < -0.39 is 23.6 Å². The SMILES string of the molecule is CC(C)(C)OC(=O)NC[C@H](Cc1ccco1)C(=O)O. The fourth-order valence-corrected chi connectivity index (χ4v) is 1.44. The number of alkyl carbamates (subject to hydrolysis) is 1. The lowest BCUT2D eigenvalue weighted by Crippen LogP contribution is -2.37. The lowest BCUT2D eigenvalue weighted by Gasteiger charge is -2.20. The van der Waals surface area contributed by atoms with Crippen molar-refractivity contribution >= 4 is 12.1 Å². The number of nitrogens with one attached hydrogen (secondary N) is 1. The molecule has 0 aliphatic heterocycles. The number of carboxylic acid groups (broad SMARTS) is 1. The van der Waals surface area contributed by atoms with E-state index in [2.05, 4.69) is 5.32 Å². The standard InChI is InChI=1S/C13H19NO5/c1-13(2,3)19-12(17)14-8-9(11(15)16)7-10-5-4-6-18-10/h4-6,9H,7-8H2,1-3H3,(H,14,17)(H,15,16)/t9-/m0/s1. The van der Waals surface area contributed by atoms with E-state index in [4.69, 9.17) is 14.3 Å². The Morgan fingerprint density at radius 2 is 2.16 bits per heavy atom. The molecule has 0 aliphatic carbocycles. The lowest BCUT2D eigenvalue weighted by molar-refractivity contribution is -0.141. The number of ether oxygens (including phenoxy) is 1. The van der Waals surface area contributed by atoms with Gasteiger partial charge < -0.3 is 19.6 Å². The van der Waals surface area contributed by atoms with E-state index in [9.17, 15) is 9.59 Å². The number of furan rings is 1. The highest BCUT2D eigenvalue weighted by atomic mass is 16.6. The van der Waals surface area contributed by atoms with Gasteiger partial charge in [0.2, 0.25) is 0 Å². The molecule has 0 saturated carbocycles. The topological polar surface area (TPSA) is 88.8 Å². The molecule has 0 saturated heterocycles. The monoisotopic (exact) mass is 269 g/mol. The quantitative estimate of drug-likeness (QED) is 0.854. The number of carbonyl (C=O) groups is 2. The average Bonchev–Trinajstić information content (AvgIpc) is 2.73. The van der Waals surface area contributed by atoms with Crippen molar-refractivity contribution in [3.63, 3.8) is 0 Å². The summed E-state index contributed by atoms with van der Waals surface area (Å²) in [5.41, 5.74) is -0.607. The highest BCUT2D eigenvalue weighted by Gasteiger charge is 2.22.